The highest BCUT2D eigenvalue weighted by atomic mass is 32.3. The van der Waals surface area contributed by atoms with Crippen molar-refractivity contribution in [3.63, 3.8) is 0 Å². The number of aliphatic hydroxyl groups is 1. The zero-order valence-corrected chi connectivity index (χ0v) is 15.6. The number of hydrogen-bond acceptors (Lipinski definition) is 4. The van der Waals surface area contributed by atoms with Crippen LogP contribution in [0.25, 0.3) is 0 Å². The van der Waals surface area contributed by atoms with Gasteiger partial charge in [0.2, 0.25) is 0 Å². The molecule has 0 bridgehead atoms. The Morgan fingerprint density at radius 3 is 2.73 bits per heavy atom. The summed E-state index contributed by atoms with van der Waals surface area (Å²) >= 11 is 0. The number of aryl methyl sites for hydroxylation is 1. The van der Waals surface area contributed by atoms with E-state index in [2.05, 4.69) is 17.0 Å². The number of fused-ring (bicyclic) bond motifs is 5. The predicted molar refractivity (Wildman–Crippen MR) is 97.0 cm³/mol. The van der Waals surface area contributed by atoms with Crippen LogP contribution in [0.1, 0.15) is 56.1 Å². The Bertz CT molecular complexity index is 886. The maximum absolute atomic E-state index is 11.0. The van der Waals surface area contributed by atoms with E-state index in [1.807, 2.05) is 6.07 Å². The minimum Gasteiger partial charge on any atom is -0.377 e. The Balaban J connectivity index is 1.65. The molecule has 3 aliphatic rings. The molecule has 0 saturated heterocycles. The van der Waals surface area contributed by atoms with E-state index in [4.69, 9.17) is 11.0 Å². The maximum atomic E-state index is 11.0. The summed E-state index contributed by atoms with van der Waals surface area (Å²) < 4.78 is 35.4. The van der Waals surface area contributed by atoms with Crippen LogP contribution < -0.4 is 4.18 Å². The van der Waals surface area contributed by atoms with Gasteiger partial charge in [0.25, 0.3) is 0 Å². The average molecular weight is 376 g/mol. The van der Waals surface area contributed by atoms with Gasteiger partial charge in [0.15, 0.2) is 0 Å². The molecule has 2 fully saturated rings. The van der Waals surface area contributed by atoms with Crippen LogP contribution in [0.15, 0.2) is 18.2 Å². The van der Waals surface area contributed by atoms with Crippen LogP contribution in [-0.2, 0) is 16.8 Å². The van der Waals surface area contributed by atoms with E-state index >= 15 is 0 Å². The van der Waals surface area contributed by atoms with E-state index in [1.165, 1.54) is 5.56 Å². The third kappa shape index (κ3) is 2.57. The molecule has 0 heterocycles. The van der Waals surface area contributed by atoms with Crippen LogP contribution in [0.4, 0.5) is 0 Å². The van der Waals surface area contributed by atoms with Crippen LogP contribution in [0.3, 0.4) is 0 Å². The molecular formula is C20H24O5S. The number of rotatable bonds is 2. The van der Waals surface area contributed by atoms with Crippen LogP contribution in [0.5, 0.6) is 5.75 Å². The molecule has 2 saturated carbocycles. The van der Waals surface area contributed by atoms with E-state index in [-0.39, 0.29) is 11.2 Å². The minimum absolute atomic E-state index is 0.146. The normalized spacial score (nSPS) is 38.6. The summed E-state index contributed by atoms with van der Waals surface area (Å²) in [6, 6.07) is 5.26. The van der Waals surface area contributed by atoms with E-state index in [0.29, 0.717) is 24.2 Å². The molecule has 3 aliphatic carbocycles. The summed E-state index contributed by atoms with van der Waals surface area (Å²) in [6.45, 7) is 2.15. The highest BCUT2D eigenvalue weighted by molar-refractivity contribution is 7.81. The smallest absolute Gasteiger partial charge is 0.377 e. The van der Waals surface area contributed by atoms with E-state index in [9.17, 15) is 13.5 Å². The quantitative estimate of drug-likeness (QED) is 0.612. The summed E-state index contributed by atoms with van der Waals surface area (Å²) in [5, 5.41) is 11.0. The second kappa shape index (κ2) is 5.72. The molecule has 0 radical (unpaired) electrons. The second-order valence-corrected chi connectivity index (χ2v) is 9.31. The van der Waals surface area contributed by atoms with Crippen molar-refractivity contribution in [1.29, 1.82) is 0 Å². The van der Waals surface area contributed by atoms with Crippen molar-refractivity contribution in [3.8, 4) is 18.1 Å². The van der Waals surface area contributed by atoms with E-state index < -0.39 is 16.0 Å². The fraction of sp³-hybridized carbons (Fsp3) is 0.600. The van der Waals surface area contributed by atoms with Gasteiger partial charge in [-0.1, -0.05) is 18.9 Å². The molecule has 1 aromatic rings. The first-order chi connectivity index (χ1) is 12.2. The van der Waals surface area contributed by atoms with Gasteiger partial charge in [-0.3, -0.25) is 4.55 Å². The van der Waals surface area contributed by atoms with Gasteiger partial charge < -0.3 is 9.29 Å². The first kappa shape index (κ1) is 17.8. The highest BCUT2D eigenvalue weighted by Crippen LogP contribution is 2.64. The Morgan fingerprint density at radius 1 is 1.27 bits per heavy atom. The van der Waals surface area contributed by atoms with Crippen LogP contribution in [0, 0.1) is 29.6 Å². The zero-order chi connectivity index (χ0) is 18.7. The van der Waals surface area contributed by atoms with Crippen molar-refractivity contribution < 1.29 is 22.3 Å². The van der Waals surface area contributed by atoms with Crippen molar-refractivity contribution in [1.82, 2.24) is 0 Å². The lowest BCUT2D eigenvalue weighted by Gasteiger charge is -2.52. The average Bonchev–Trinajstić information content (AvgIpc) is 2.85. The summed E-state index contributed by atoms with van der Waals surface area (Å²) in [7, 11) is -4.51. The van der Waals surface area contributed by atoms with Gasteiger partial charge in [-0.2, -0.15) is 8.42 Å². The summed E-state index contributed by atoms with van der Waals surface area (Å²) in [5.41, 5.74) is 1.09. The first-order valence-corrected chi connectivity index (χ1v) is 10.5. The molecule has 4 rings (SSSR count). The van der Waals surface area contributed by atoms with Crippen molar-refractivity contribution in [3.05, 3.63) is 29.3 Å². The van der Waals surface area contributed by atoms with Gasteiger partial charge in [0, 0.05) is 5.41 Å². The predicted octanol–water partition coefficient (Wildman–Crippen LogP) is 3.09. The molecule has 0 aromatic heterocycles. The molecule has 5 nitrogen and oxygen atoms in total. The van der Waals surface area contributed by atoms with Gasteiger partial charge in [-0.15, -0.1) is 6.42 Å². The fourth-order valence-electron chi connectivity index (χ4n) is 5.99. The van der Waals surface area contributed by atoms with Gasteiger partial charge in [0.1, 0.15) is 11.4 Å². The summed E-state index contributed by atoms with van der Waals surface area (Å²) in [5.74, 6) is 4.12. The molecule has 0 spiro atoms. The molecule has 1 aromatic carbocycles. The zero-order valence-electron chi connectivity index (χ0n) is 14.8. The lowest BCUT2D eigenvalue weighted by atomic mass is 9.53. The Labute approximate surface area is 154 Å². The monoisotopic (exact) mass is 376 g/mol. The molecule has 5 atom stereocenters. The van der Waals surface area contributed by atoms with Crippen LogP contribution >= 0.6 is 0 Å². The molecular weight excluding hydrogens is 352 g/mol. The third-order valence-electron chi connectivity index (χ3n) is 7.29. The molecule has 140 valence electrons. The largest absolute Gasteiger partial charge is 0.446 e. The minimum atomic E-state index is -4.51. The maximum Gasteiger partial charge on any atom is 0.446 e. The van der Waals surface area contributed by atoms with Gasteiger partial charge >= 0.3 is 10.4 Å². The van der Waals surface area contributed by atoms with Crippen molar-refractivity contribution in [2.24, 2.45) is 17.3 Å². The molecule has 6 heteroatoms. The highest BCUT2D eigenvalue weighted by Gasteiger charge is 2.61. The SMILES string of the molecule is C#C[C@]1(O)CCC2C3CCc4cc(OS(=O)(=O)O)ccc4C3CC[C@@]21C. The van der Waals surface area contributed by atoms with Crippen LogP contribution in [0.2, 0.25) is 0 Å². The number of benzene rings is 1. The van der Waals surface area contributed by atoms with Gasteiger partial charge in [-0.25, -0.2) is 0 Å². The van der Waals surface area contributed by atoms with E-state index in [0.717, 1.165) is 37.7 Å². The molecule has 0 aliphatic heterocycles. The fourth-order valence-corrected chi connectivity index (χ4v) is 6.33. The molecule has 3 unspecified atom stereocenters. The summed E-state index contributed by atoms with van der Waals surface area (Å²) in [6.07, 6.45) is 11.0. The topological polar surface area (TPSA) is 83.8 Å². The second-order valence-electron chi connectivity index (χ2n) is 8.29. The first-order valence-electron chi connectivity index (χ1n) is 9.17. The van der Waals surface area contributed by atoms with Gasteiger partial charge in [-0.05, 0) is 79.5 Å². The van der Waals surface area contributed by atoms with E-state index in [1.54, 1.807) is 12.1 Å². The lowest BCUT2D eigenvalue weighted by Crippen LogP contribution is -2.50. The Hall–Kier alpha value is -1.55. The standard InChI is InChI=1S/C20H24O5S/c1-3-20(21)11-9-18-17-6-4-13-12-14(25-26(22,23)24)5-7-15(13)16(17)8-10-19(18,20)2/h1,5,7,12,16-18,21H,4,6,8-11H2,2H3,(H,22,23,24)/t16?,17?,18?,19-,20-/m0/s1. The molecule has 2 N–H and O–H groups in total. The number of hydrogen-bond donors (Lipinski definition) is 2. The lowest BCUT2D eigenvalue weighted by molar-refractivity contribution is -0.0646. The Kier molecular flexibility index (Phi) is 3.93. The Morgan fingerprint density at radius 2 is 2.04 bits per heavy atom. The van der Waals surface area contributed by atoms with Crippen molar-refractivity contribution >= 4 is 10.4 Å². The van der Waals surface area contributed by atoms with Crippen molar-refractivity contribution in [2.45, 2.75) is 57.0 Å². The van der Waals surface area contributed by atoms with Crippen LogP contribution in [-0.4, -0.2) is 23.7 Å². The third-order valence-corrected chi connectivity index (χ3v) is 7.69. The molecule has 0 amide bonds. The van der Waals surface area contributed by atoms with Crippen molar-refractivity contribution in [2.75, 3.05) is 0 Å². The summed E-state index contributed by atoms with van der Waals surface area (Å²) in [4.78, 5) is 0. The number of terminal acetylenes is 1. The molecule has 26 heavy (non-hydrogen) atoms. The van der Waals surface area contributed by atoms with Gasteiger partial charge in [0.05, 0.1) is 0 Å².